The number of benzene rings is 1. The maximum Gasteiger partial charge on any atom is 0.252 e. The van der Waals surface area contributed by atoms with E-state index in [0.717, 1.165) is 28.2 Å². The molecule has 0 aliphatic carbocycles. The number of likely N-dealkylation sites (N-methyl/N-ethyl adjacent to an activating group) is 1. The molecule has 0 amide bonds. The molecule has 1 aromatic heterocycles. The van der Waals surface area contributed by atoms with E-state index < -0.39 is 10.0 Å². The molecular weight excluding hydrogens is 342 g/mol. The summed E-state index contributed by atoms with van der Waals surface area (Å²) in [6, 6.07) is 9.02. The summed E-state index contributed by atoms with van der Waals surface area (Å²) in [4.78, 5) is 0. The molecule has 0 atom stereocenters. The van der Waals surface area contributed by atoms with Crippen molar-refractivity contribution in [2.45, 2.75) is 18.1 Å². The van der Waals surface area contributed by atoms with Crippen molar-refractivity contribution >= 4 is 33.0 Å². The fourth-order valence-corrected chi connectivity index (χ4v) is 4.87. The first-order valence-electron chi connectivity index (χ1n) is 6.72. The standard InChI is InChI=1S/C15H18ClNO3S2/c1-11-8-12(2)10-13(9-11)20-7-6-17(3)22(18,19)15-5-4-14(16)21-15/h4-5,8-10H,6-7H2,1-3H3. The number of hydrogen-bond acceptors (Lipinski definition) is 4. The molecule has 2 aromatic rings. The summed E-state index contributed by atoms with van der Waals surface area (Å²) in [5.74, 6) is 0.752. The summed E-state index contributed by atoms with van der Waals surface area (Å²) in [6.07, 6.45) is 0. The lowest BCUT2D eigenvalue weighted by Gasteiger charge is -2.16. The molecule has 7 heteroatoms. The Balaban J connectivity index is 1.96. The molecular formula is C15H18ClNO3S2. The van der Waals surface area contributed by atoms with Crippen molar-refractivity contribution in [2.75, 3.05) is 20.2 Å². The molecule has 0 saturated heterocycles. The SMILES string of the molecule is Cc1cc(C)cc(OCCN(C)S(=O)(=O)c2ccc(Cl)s2)c1. The first kappa shape index (κ1) is 17.3. The maximum atomic E-state index is 12.3. The van der Waals surface area contributed by atoms with E-state index in [-0.39, 0.29) is 17.4 Å². The third kappa shape index (κ3) is 4.23. The Bertz CT molecular complexity index is 736. The summed E-state index contributed by atoms with van der Waals surface area (Å²) in [7, 11) is -1.97. The van der Waals surface area contributed by atoms with Crippen LogP contribution in [0.5, 0.6) is 5.75 Å². The monoisotopic (exact) mass is 359 g/mol. The van der Waals surface area contributed by atoms with Crippen molar-refractivity contribution in [2.24, 2.45) is 0 Å². The largest absolute Gasteiger partial charge is 0.492 e. The van der Waals surface area contributed by atoms with Crippen LogP contribution in [-0.2, 0) is 10.0 Å². The van der Waals surface area contributed by atoms with Crippen LogP contribution in [0, 0.1) is 13.8 Å². The van der Waals surface area contributed by atoms with Crippen LogP contribution in [0.15, 0.2) is 34.5 Å². The Labute approximate surface area is 140 Å². The molecule has 2 rings (SSSR count). The van der Waals surface area contributed by atoms with Crippen LogP contribution in [0.3, 0.4) is 0 Å². The van der Waals surface area contributed by atoms with Gasteiger partial charge < -0.3 is 4.74 Å². The van der Waals surface area contributed by atoms with Gasteiger partial charge in [-0.15, -0.1) is 11.3 Å². The van der Waals surface area contributed by atoms with Gasteiger partial charge in [0, 0.05) is 13.6 Å². The van der Waals surface area contributed by atoms with E-state index in [9.17, 15) is 8.42 Å². The van der Waals surface area contributed by atoms with Crippen molar-refractivity contribution in [3.8, 4) is 5.75 Å². The fourth-order valence-electron chi connectivity index (χ4n) is 2.02. The van der Waals surface area contributed by atoms with Crippen LogP contribution < -0.4 is 4.74 Å². The Morgan fingerprint density at radius 2 is 1.82 bits per heavy atom. The third-order valence-electron chi connectivity index (χ3n) is 3.08. The number of sulfonamides is 1. The Morgan fingerprint density at radius 1 is 1.18 bits per heavy atom. The van der Waals surface area contributed by atoms with Gasteiger partial charge in [0.05, 0.1) is 4.34 Å². The van der Waals surface area contributed by atoms with Crippen molar-refractivity contribution in [3.63, 3.8) is 0 Å². The Morgan fingerprint density at radius 3 is 2.36 bits per heavy atom. The second-order valence-electron chi connectivity index (χ2n) is 5.06. The van der Waals surface area contributed by atoms with E-state index in [1.165, 1.54) is 17.4 Å². The van der Waals surface area contributed by atoms with Gasteiger partial charge >= 0.3 is 0 Å². The second-order valence-corrected chi connectivity index (χ2v) is 9.04. The minimum absolute atomic E-state index is 0.242. The van der Waals surface area contributed by atoms with E-state index in [2.05, 4.69) is 6.07 Å². The zero-order chi connectivity index (χ0) is 16.3. The van der Waals surface area contributed by atoms with E-state index in [4.69, 9.17) is 16.3 Å². The van der Waals surface area contributed by atoms with Crippen LogP contribution in [0.1, 0.15) is 11.1 Å². The molecule has 0 aliphatic heterocycles. The normalized spacial score (nSPS) is 11.9. The quantitative estimate of drug-likeness (QED) is 0.789. The lowest BCUT2D eigenvalue weighted by Crippen LogP contribution is -2.30. The number of halogens is 1. The maximum absolute atomic E-state index is 12.3. The lowest BCUT2D eigenvalue weighted by molar-refractivity contribution is 0.287. The number of thiophene rings is 1. The minimum Gasteiger partial charge on any atom is -0.492 e. The molecule has 0 fully saturated rings. The molecule has 120 valence electrons. The highest BCUT2D eigenvalue weighted by atomic mass is 35.5. The van der Waals surface area contributed by atoms with Gasteiger partial charge in [-0.3, -0.25) is 0 Å². The fraction of sp³-hybridized carbons (Fsp3) is 0.333. The predicted molar refractivity (Wildman–Crippen MR) is 90.6 cm³/mol. The zero-order valence-corrected chi connectivity index (χ0v) is 15.1. The van der Waals surface area contributed by atoms with Gasteiger partial charge in [0.15, 0.2) is 0 Å². The van der Waals surface area contributed by atoms with Gasteiger partial charge in [0.25, 0.3) is 10.0 Å². The molecule has 4 nitrogen and oxygen atoms in total. The minimum atomic E-state index is -3.50. The van der Waals surface area contributed by atoms with Gasteiger partial charge in [-0.1, -0.05) is 17.7 Å². The van der Waals surface area contributed by atoms with Gasteiger partial charge in [0.2, 0.25) is 0 Å². The van der Waals surface area contributed by atoms with Crippen LogP contribution >= 0.6 is 22.9 Å². The van der Waals surface area contributed by atoms with E-state index in [0.29, 0.717) is 4.34 Å². The molecule has 0 saturated carbocycles. The summed E-state index contributed by atoms with van der Waals surface area (Å²) >= 11 is 6.85. The highest BCUT2D eigenvalue weighted by molar-refractivity contribution is 7.91. The van der Waals surface area contributed by atoms with Crippen molar-refractivity contribution in [1.82, 2.24) is 4.31 Å². The number of ether oxygens (including phenoxy) is 1. The second kappa shape index (κ2) is 7.00. The van der Waals surface area contributed by atoms with Gasteiger partial charge in [-0.05, 0) is 49.2 Å². The Hall–Kier alpha value is -1.08. The van der Waals surface area contributed by atoms with Gasteiger partial charge in [-0.25, -0.2) is 8.42 Å². The van der Waals surface area contributed by atoms with E-state index >= 15 is 0 Å². The third-order valence-corrected chi connectivity index (χ3v) is 6.64. The molecule has 0 unspecified atom stereocenters. The molecule has 0 bridgehead atoms. The van der Waals surface area contributed by atoms with Gasteiger partial charge in [-0.2, -0.15) is 4.31 Å². The van der Waals surface area contributed by atoms with Crippen molar-refractivity contribution in [3.05, 3.63) is 45.8 Å². The topological polar surface area (TPSA) is 46.6 Å². The van der Waals surface area contributed by atoms with Crippen LogP contribution in [-0.4, -0.2) is 32.9 Å². The molecule has 22 heavy (non-hydrogen) atoms. The average molecular weight is 360 g/mol. The first-order chi connectivity index (χ1) is 10.3. The summed E-state index contributed by atoms with van der Waals surface area (Å²) in [5.41, 5.74) is 2.23. The number of hydrogen-bond donors (Lipinski definition) is 0. The molecule has 0 N–H and O–H groups in total. The Kier molecular flexibility index (Phi) is 5.50. The van der Waals surface area contributed by atoms with Crippen LogP contribution in [0.25, 0.3) is 0 Å². The van der Waals surface area contributed by atoms with Crippen molar-refractivity contribution < 1.29 is 13.2 Å². The summed E-state index contributed by atoms with van der Waals surface area (Å²) in [6.45, 7) is 4.55. The highest BCUT2D eigenvalue weighted by Crippen LogP contribution is 2.27. The average Bonchev–Trinajstić information content (AvgIpc) is 2.85. The molecule has 0 spiro atoms. The number of aryl methyl sites for hydroxylation is 2. The highest BCUT2D eigenvalue weighted by Gasteiger charge is 2.22. The van der Waals surface area contributed by atoms with Crippen LogP contribution in [0.4, 0.5) is 0 Å². The van der Waals surface area contributed by atoms with Gasteiger partial charge in [0.1, 0.15) is 16.6 Å². The molecule has 1 heterocycles. The predicted octanol–water partition coefficient (Wildman–Crippen LogP) is 3.72. The first-order valence-corrected chi connectivity index (χ1v) is 9.35. The van der Waals surface area contributed by atoms with Crippen LogP contribution in [0.2, 0.25) is 4.34 Å². The summed E-state index contributed by atoms with van der Waals surface area (Å²) < 4.78 is 32.3. The number of nitrogens with zero attached hydrogens (tertiary/aromatic N) is 1. The van der Waals surface area contributed by atoms with E-state index in [1.807, 2.05) is 26.0 Å². The van der Waals surface area contributed by atoms with E-state index in [1.54, 1.807) is 6.07 Å². The molecule has 0 radical (unpaired) electrons. The molecule has 0 aliphatic rings. The number of rotatable bonds is 6. The molecule has 1 aromatic carbocycles. The smallest absolute Gasteiger partial charge is 0.252 e. The summed E-state index contributed by atoms with van der Waals surface area (Å²) in [5, 5.41) is 0. The zero-order valence-electron chi connectivity index (χ0n) is 12.7. The van der Waals surface area contributed by atoms with Crippen molar-refractivity contribution in [1.29, 1.82) is 0 Å². The lowest BCUT2D eigenvalue weighted by atomic mass is 10.1.